The van der Waals surface area contributed by atoms with Crippen molar-refractivity contribution < 1.29 is 9.90 Å². The predicted octanol–water partition coefficient (Wildman–Crippen LogP) is 1.58. The Kier molecular flexibility index (Phi) is 5.35. The molecule has 3 nitrogen and oxygen atoms in total. The van der Waals surface area contributed by atoms with E-state index >= 15 is 0 Å². The second kappa shape index (κ2) is 6.55. The summed E-state index contributed by atoms with van der Waals surface area (Å²) in [5.74, 6) is 0.338. The minimum atomic E-state index is -0.176. The zero-order chi connectivity index (χ0) is 12.0. The highest BCUT2D eigenvalue weighted by Crippen LogP contribution is 2.21. The van der Waals surface area contributed by atoms with Crippen molar-refractivity contribution in [3.63, 3.8) is 0 Å². The van der Waals surface area contributed by atoms with E-state index in [-0.39, 0.29) is 18.6 Å². The van der Waals surface area contributed by atoms with Gasteiger partial charge in [-0.15, -0.1) is 11.8 Å². The molecular formula is C12H17NO2S. The average Bonchev–Trinajstić information content (AvgIpc) is 2.28. The van der Waals surface area contributed by atoms with Gasteiger partial charge < -0.3 is 10.4 Å². The zero-order valence-electron chi connectivity index (χ0n) is 9.56. The molecule has 1 atom stereocenters. The van der Waals surface area contributed by atoms with Gasteiger partial charge in [-0.25, -0.2) is 0 Å². The van der Waals surface area contributed by atoms with Crippen LogP contribution in [0.2, 0.25) is 0 Å². The van der Waals surface area contributed by atoms with E-state index in [0.717, 1.165) is 4.90 Å². The number of aliphatic hydroxyl groups excluding tert-OH is 1. The lowest BCUT2D eigenvalue weighted by Crippen LogP contribution is -2.36. The Morgan fingerprint density at radius 3 is 2.81 bits per heavy atom. The first-order chi connectivity index (χ1) is 7.63. The summed E-state index contributed by atoms with van der Waals surface area (Å²) in [6.45, 7) is 3.77. The molecule has 0 aliphatic heterocycles. The van der Waals surface area contributed by atoms with Crippen LogP contribution >= 0.6 is 11.8 Å². The summed E-state index contributed by atoms with van der Waals surface area (Å²) in [7, 11) is 0. The molecule has 1 amide bonds. The van der Waals surface area contributed by atoms with E-state index in [2.05, 4.69) is 5.32 Å². The first kappa shape index (κ1) is 13.1. The lowest BCUT2D eigenvalue weighted by atomic mass is 10.2. The highest BCUT2D eigenvalue weighted by Gasteiger charge is 2.07. The van der Waals surface area contributed by atoms with Crippen LogP contribution in [-0.2, 0) is 4.79 Å². The van der Waals surface area contributed by atoms with Gasteiger partial charge in [0, 0.05) is 10.9 Å². The third-order valence-electron chi connectivity index (χ3n) is 2.13. The van der Waals surface area contributed by atoms with Crippen molar-refractivity contribution in [2.45, 2.75) is 24.8 Å². The SMILES string of the molecule is Cc1ccccc1SCC(=O)N[C@@H](C)CO. The summed E-state index contributed by atoms with van der Waals surface area (Å²) in [4.78, 5) is 12.6. The second-order valence-electron chi connectivity index (χ2n) is 3.71. The number of thioether (sulfide) groups is 1. The maximum atomic E-state index is 11.5. The summed E-state index contributed by atoms with van der Waals surface area (Å²) < 4.78 is 0. The van der Waals surface area contributed by atoms with Gasteiger partial charge in [0.15, 0.2) is 0 Å². The Labute approximate surface area is 100 Å². The Balaban J connectivity index is 2.40. The summed E-state index contributed by atoms with van der Waals surface area (Å²) in [6, 6.07) is 7.79. The minimum Gasteiger partial charge on any atom is -0.394 e. The van der Waals surface area contributed by atoms with Crippen LogP contribution in [0, 0.1) is 6.92 Å². The van der Waals surface area contributed by atoms with Crippen LogP contribution in [0.5, 0.6) is 0 Å². The number of aliphatic hydroxyl groups is 1. The molecule has 0 bridgehead atoms. The fraction of sp³-hybridized carbons (Fsp3) is 0.417. The van der Waals surface area contributed by atoms with Crippen molar-refractivity contribution in [2.24, 2.45) is 0 Å². The first-order valence-electron chi connectivity index (χ1n) is 5.22. The van der Waals surface area contributed by atoms with Gasteiger partial charge in [0.2, 0.25) is 5.91 Å². The molecule has 0 fully saturated rings. The molecule has 0 aromatic heterocycles. The van der Waals surface area contributed by atoms with Crippen LogP contribution in [0.1, 0.15) is 12.5 Å². The van der Waals surface area contributed by atoms with Crippen molar-refractivity contribution in [3.8, 4) is 0 Å². The zero-order valence-corrected chi connectivity index (χ0v) is 10.4. The van der Waals surface area contributed by atoms with Gasteiger partial charge in [0.25, 0.3) is 0 Å². The van der Waals surface area contributed by atoms with E-state index in [4.69, 9.17) is 5.11 Å². The van der Waals surface area contributed by atoms with Crippen LogP contribution in [0.25, 0.3) is 0 Å². The summed E-state index contributed by atoms with van der Waals surface area (Å²) in [5.41, 5.74) is 1.18. The number of carbonyl (C=O) groups is 1. The van der Waals surface area contributed by atoms with Crippen LogP contribution in [-0.4, -0.2) is 29.4 Å². The van der Waals surface area contributed by atoms with Crippen LogP contribution in [0.15, 0.2) is 29.2 Å². The smallest absolute Gasteiger partial charge is 0.230 e. The number of hydrogen-bond donors (Lipinski definition) is 2. The average molecular weight is 239 g/mol. The monoisotopic (exact) mass is 239 g/mol. The molecule has 1 aromatic rings. The predicted molar refractivity (Wildman–Crippen MR) is 66.6 cm³/mol. The van der Waals surface area contributed by atoms with Gasteiger partial charge in [0.1, 0.15) is 0 Å². The van der Waals surface area contributed by atoms with Gasteiger partial charge >= 0.3 is 0 Å². The van der Waals surface area contributed by atoms with Gasteiger partial charge in [-0.1, -0.05) is 18.2 Å². The molecule has 0 radical (unpaired) electrons. The molecule has 0 unspecified atom stereocenters. The summed E-state index contributed by atoms with van der Waals surface area (Å²) in [6.07, 6.45) is 0. The number of aryl methyl sites for hydroxylation is 1. The Morgan fingerprint density at radius 1 is 1.50 bits per heavy atom. The molecule has 16 heavy (non-hydrogen) atoms. The van der Waals surface area contributed by atoms with Crippen LogP contribution in [0.3, 0.4) is 0 Å². The van der Waals surface area contributed by atoms with Crippen molar-refractivity contribution in [1.29, 1.82) is 0 Å². The van der Waals surface area contributed by atoms with E-state index in [1.165, 1.54) is 17.3 Å². The molecule has 4 heteroatoms. The Morgan fingerprint density at radius 2 is 2.19 bits per heavy atom. The van der Waals surface area contributed by atoms with E-state index in [1.54, 1.807) is 6.92 Å². The van der Waals surface area contributed by atoms with Gasteiger partial charge in [-0.2, -0.15) is 0 Å². The molecule has 0 heterocycles. The third-order valence-corrected chi connectivity index (χ3v) is 3.31. The molecule has 1 rings (SSSR count). The summed E-state index contributed by atoms with van der Waals surface area (Å²) in [5, 5.41) is 11.5. The largest absolute Gasteiger partial charge is 0.394 e. The third kappa shape index (κ3) is 4.24. The molecule has 0 aliphatic carbocycles. The van der Waals surface area contributed by atoms with Crippen molar-refractivity contribution in [3.05, 3.63) is 29.8 Å². The number of hydrogen-bond acceptors (Lipinski definition) is 3. The van der Waals surface area contributed by atoms with E-state index in [1.807, 2.05) is 31.2 Å². The molecule has 0 saturated heterocycles. The van der Waals surface area contributed by atoms with E-state index in [0.29, 0.717) is 5.75 Å². The molecule has 2 N–H and O–H groups in total. The van der Waals surface area contributed by atoms with Crippen LogP contribution < -0.4 is 5.32 Å². The van der Waals surface area contributed by atoms with Crippen LogP contribution in [0.4, 0.5) is 0 Å². The maximum Gasteiger partial charge on any atom is 0.230 e. The molecule has 0 saturated carbocycles. The quantitative estimate of drug-likeness (QED) is 0.767. The Bertz CT molecular complexity index is 355. The lowest BCUT2D eigenvalue weighted by Gasteiger charge is -2.10. The molecular weight excluding hydrogens is 222 g/mol. The topological polar surface area (TPSA) is 49.3 Å². The fourth-order valence-corrected chi connectivity index (χ4v) is 2.06. The maximum absolute atomic E-state index is 11.5. The Hall–Kier alpha value is -1.00. The standard InChI is InChI=1S/C12H17NO2S/c1-9-5-3-4-6-11(9)16-8-12(15)13-10(2)7-14/h3-6,10,14H,7-8H2,1-2H3,(H,13,15)/t10-/m0/s1. The van der Waals surface area contributed by atoms with Gasteiger partial charge in [-0.3, -0.25) is 4.79 Å². The van der Waals surface area contributed by atoms with Crippen molar-refractivity contribution >= 4 is 17.7 Å². The van der Waals surface area contributed by atoms with E-state index < -0.39 is 0 Å². The molecule has 0 aliphatic rings. The van der Waals surface area contributed by atoms with Gasteiger partial charge in [-0.05, 0) is 25.5 Å². The molecule has 1 aromatic carbocycles. The number of rotatable bonds is 5. The van der Waals surface area contributed by atoms with Gasteiger partial charge in [0.05, 0.1) is 12.4 Å². The normalized spacial score (nSPS) is 12.2. The highest BCUT2D eigenvalue weighted by atomic mass is 32.2. The van der Waals surface area contributed by atoms with Crippen molar-refractivity contribution in [1.82, 2.24) is 5.32 Å². The fourth-order valence-electron chi connectivity index (χ4n) is 1.22. The highest BCUT2D eigenvalue weighted by molar-refractivity contribution is 8.00. The number of amides is 1. The number of carbonyl (C=O) groups excluding carboxylic acids is 1. The van der Waals surface area contributed by atoms with Crippen molar-refractivity contribution in [2.75, 3.05) is 12.4 Å². The summed E-state index contributed by atoms with van der Waals surface area (Å²) >= 11 is 1.51. The van der Waals surface area contributed by atoms with E-state index in [9.17, 15) is 4.79 Å². The molecule has 0 spiro atoms. The first-order valence-corrected chi connectivity index (χ1v) is 6.20. The number of benzene rings is 1. The minimum absolute atomic E-state index is 0.0270. The molecule has 88 valence electrons. The lowest BCUT2D eigenvalue weighted by molar-refractivity contribution is -0.119. The number of nitrogens with one attached hydrogen (secondary N) is 1. The second-order valence-corrected chi connectivity index (χ2v) is 4.72.